The van der Waals surface area contributed by atoms with Crippen LogP contribution in [0.2, 0.25) is 0 Å². The monoisotopic (exact) mass is 336 g/mol. The fourth-order valence-corrected chi connectivity index (χ4v) is 1.53. The van der Waals surface area contributed by atoms with E-state index in [1.165, 1.54) is 0 Å². The Morgan fingerprint density at radius 2 is 0.875 bits per heavy atom. The van der Waals surface area contributed by atoms with Crippen LogP contribution in [0, 0.1) is 11.8 Å². The first-order valence-corrected chi connectivity index (χ1v) is 8.06. The van der Waals surface area contributed by atoms with E-state index in [9.17, 15) is 9.59 Å². The van der Waals surface area contributed by atoms with Crippen molar-refractivity contribution in [1.82, 2.24) is 0 Å². The van der Waals surface area contributed by atoms with Crippen molar-refractivity contribution in [3.8, 4) is 0 Å². The van der Waals surface area contributed by atoms with Crippen LogP contribution in [-0.4, -0.2) is 22.2 Å². The fourth-order valence-electron chi connectivity index (χ4n) is 1.53. The topological polar surface area (TPSA) is 74.6 Å². The van der Waals surface area contributed by atoms with E-state index in [0.29, 0.717) is 11.1 Å². The average molecular weight is 336 g/mol. The average Bonchev–Trinajstić information content (AvgIpc) is 2.37. The Kier molecular flexibility index (Phi) is 12.4. The Balaban J connectivity index is 0. The lowest BCUT2D eigenvalue weighted by atomic mass is 10.0. The number of aliphatic carboxylic acids is 2. The summed E-state index contributed by atoms with van der Waals surface area (Å²) in [4.78, 5) is 21.3. The van der Waals surface area contributed by atoms with Gasteiger partial charge in [0.05, 0.1) is 0 Å². The highest BCUT2D eigenvalue weighted by atomic mass is 16.4. The third-order valence-electron chi connectivity index (χ3n) is 2.93. The molecular weight excluding hydrogens is 304 g/mol. The second kappa shape index (κ2) is 12.3. The zero-order valence-electron chi connectivity index (χ0n) is 16.2. The Labute approximate surface area is 146 Å². The van der Waals surface area contributed by atoms with E-state index < -0.39 is 11.9 Å². The summed E-state index contributed by atoms with van der Waals surface area (Å²) < 4.78 is 0. The van der Waals surface area contributed by atoms with Gasteiger partial charge in [0.25, 0.3) is 0 Å². The van der Waals surface area contributed by atoms with Gasteiger partial charge < -0.3 is 10.2 Å². The zero-order valence-corrected chi connectivity index (χ0v) is 16.2. The van der Waals surface area contributed by atoms with Gasteiger partial charge >= 0.3 is 11.9 Å². The molecule has 0 aliphatic heterocycles. The molecule has 0 spiro atoms. The van der Waals surface area contributed by atoms with Crippen LogP contribution in [0.4, 0.5) is 0 Å². The predicted molar refractivity (Wildman–Crippen MR) is 100.0 cm³/mol. The van der Waals surface area contributed by atoms with Crippen molar-refractivity contribution in [2.45, 2.75) is 55.4 Å². The maximum absolute atomic E-state index is 10.7. The summed E-state index contributed by atoms with van der Waals surface area (Å²) >= 11 is 0. The van der Waals surface area contributed by atoms with Gasteiger partial charge in [0, 0.05) is 11.1 Å². The van der Waals surface area contributed by atoms with E-state index in [4.69, 9.17) is 10.2 Å². The molecule has 0 aliphatic rings. The molecule has 4 nitrogen and oxygen atoms in total. The molecule has 0 amide bonds. The van der Waals surface area contributed by atoms with Crippen molar-refractivity contribution >= 4 is 11.9 Å². The van der Waals surface area contributed by atoms with E-state index in [-0.39, 0.29) is 11.8 Å². The molecule has 0 aromatic rings. The Morgan fingerprint density at radius 1 is 0.625 bits per heavy atom. The summed E-state index contributed by atoms with van der Waals surface area (Å²) in [5.74, 6) is -1.53. The number of allylic oxidation sites excluding steroid dienone is 6. The molecule has 136 valence electrons. The van der Waals surface area contributed by atoms with Gasteiger partial charge in [0.1, 0.15) is 0 Å². The molecule has 2 N–H and O–H groups in total. The van der Waals surface area contributed by atoms with Crippen molar-refractivity contribution < 1.29 is 19.8 Å². The molecule has 0 aliphatic carbocycles. The number of carboxylic acid groups (broad SMARTS) is 2. The van der Waals surface area contributed by atoms with Crippen molar-refractivity contribution in [2.75, 3.05) is 0 Å². The van der Waals surface area contributed by atoms with Gasteiger partial charge in [-0.15, -0.1) is 0 Å². The summed E-state index contributed by atoms with van der Waals surface area (Å²) in [6.07, 6.45) is 6.98. The van der Waals surface area contributed by atoms with Crippen LogP contribution in [0.25, 0.3) is 0 Å². The first-order chi connectivity index (χ1) is 10.9. The molecule has 0 saturated carbocycles. The normalized spacial score (nSPS) is 11.6. The second-order valence-electron chi connectivity index (χ2n) is 6.65. The van der Waals surface area contributed by atoms with Crippen molar-refractivity contribution in [2.24, 2.45) is 11.8 Å². The number of hydrogen-bond donors (Lipinski definition) is 2. The number of hydrogen-bond acceptors (Lipinski definition) is 2. The maximum Gasteiger partial charge on any atom is 0.331 e. The van der Waals surface area contributed by atoms with Gasteiger partial charge in [-0.1, -0.05) is 63.1 Å². The molecule has 0 unspecified atom stereocenters. The SMILES string of the molecule is CC(C)=C/C=C(/C(=O)O)C(C)C.CC(C)=C/C=C(\C(=O)O)C(C)C. The lowest BCUT2D eigenvalue weighted by Crippen LogP contribution is -2.06. The van der Waals surface area contributed by atoms with Gasteiger partial charge in [0.15, 0.2) is 0 Å². The van der Waals surface area contributed by atoms with Gasteiger partial charge in [-0.05, 0) is 39.5 Å². The Morgan fingerprint density at radius 3 is 1.00 bits per heavy atom. The van der Waals surface area contributed by atoms with Gasteiger partial charge in [0.2, 0.25) is 0 Å². The van der Waals surface area contributed by atoms with Crippen molar-refractivity contribution in [1.29, 1.82) is 0 Å². The highest BCUT2D eigenvalue weighted by molar-refractivity contribution is 5.87. The molecule has 0 radical (unpaired) electrons. The first-order valence-electron chi connectivity index (χ1n) is 8.06. The standard InChI is InChI=1S/2C10H16O2/c2*1-7(2)5-6-9(8(3)4)10(11)12/h2*5-6,8H,1-4H3,(H,11,12)/b9-6+;9-6-. The van der Waals surface area contributed by atoms with Crippen molar-refractivity contribution in [3.63, 3.8) is 0 Å². The van der Waals surface area contributed by atoms with Crippen molar-refractivity contribution in [3.05, 3.63) is 46.6 Å². The smallest absolute Gasteiger partial charge is 0.331 e. The number of rotatable bonds is 6. The van der Waals surface area contributed by atoms with Crippen LogP contribution in [0.3, 0.4) is 0 Å². The molecule has 0 aromatic heterocycles. The van der Waals surface area contributed by atoms with E-state index in [1.54, 1.807) is 12.2 Å². The van der Waals surface area contributed by atoms with Crippen LogP contribution in [0.1, 0.15) is 55.4 Å². The van der Waals surface area contributed by atoms with Crippen LogP contribution in [0.5, 0.6) is 0 Å². The minimum atomic E-state index is -0.831. The maximum atomic E-state index is 10.7. The van der Waals surface area contributed by atoms with Crippen LogP contribution in [0.15, 0.2) is 46.6 Å². The number of carboxylic acids is 2. The highest BCUT2D eigenvalue weighted by Crippen LogP contribution is 2.10. The van der Waals surface area contributed by atoms with Crippen LogP contribution < -0.4 is 0 Å². The Hall–Kier alpha value is -2.10. The first kappa shape index (κ1) is 24.2. The molecule has 0 heterocycles. The summed E-state index contributed by atoms with van der Waals surface area (Å²) in [6.45, 7) is 15.3. The molecule has 0 rings (SSSR count). The van der Waals surface area contributed by atoms with Gasteiger partial charge in [-0.3, -0.25) is 0 Å². The number of carbonyl (C=O) groups is 2. The largest absolute Gasteiger partial charge is 0.478 e. The minimum Gasteiger partial charge on any atom is -0.478 e. The fraction of sp³-hybridized carbons (Fsp3) is 0.500. The third kappa shape index (κ3) is 12.4. The molecule has 0 saturated heterocycles. The summed E-state index contributed by atoms with van der Waals surface area (Å²) in [6, 6.07) is 0. The van der Waals surface area contributed by atoms with E-state index >= 15 is 0 Å². The lowest BCUT2D eigenvalue weighted by Gasteiger charge is -2.03. The quantitative estimate of drug-likeness (QED) is 0.514. The predicted octanol–water partition coefficient (Wildman–Crippen LogP) is 5.24. The lowest BCUT2D eigenvalue weighted by molar-refractivity contribution is -0.134. The summed E-state index contributed by atoms with van der Waals surface area (Å²) in [7, 11) is 0. The molecule has 24 heavy (non-hydrogen) atoms. The minimum absolute atomic E-state index is 0.0677. The van der Waals surface area contributed by atoms with E-state index in [0.717, 1.165) is 11.1 Å². The van der Waals surface area contributed by atoms with Crippen LogP contribution >= 0.6 is 0 Å². The zero-order chi connectivity index (χ0) is 19.4. The summed E-state index contributed by atoms with van der Waals surface area (Å²) in [5.41, 5.74) is 3.12. The molecule has 4 heteroatoms. The highest BCUT2D eigenvalue weighted by Gasteiger charge is 2.10. The third-order valence-corrected chi connectivity index (χ3v) is 2.93. The molecule has 0 aromatic carbocycles. The molecule has 0 atom stereocenters. The van der Waals surface area contributed by atoms with Gasteiger partial charge in [-0.2, -0.15) is 0 Å². The van der Waals surface area contributed by atoms with Crippen LogP contribution in [-0.2, 0) is 9.59 Å². The summed E-state index contributed by atoms with van der Waals surface area (Å²) in [5, 5.41) is 17.5. The molecule has 0 bridgehead atoms. The van der Waals surface area contributed by atoms with E-state index in [1.807, 2.05) is 67.5 Å². The Bertz CT molecular complexity index is 486. The second-order valence-corrected chi connectivity index (χ2v) is 6.65. The van der Waals surface area contributed by atoms with E-state index in [2.05, 4.69) is 0 Å². The molecular formula is C20H32O4. The van der Waals surface area contributed by atoms with Gasteiger partial charge in [-0.25, -0.2) is 9.59 Å². The molecule has 0 fully saturated rings.